The number of nitrogens with one attached hydrogen (secondary N) is 3. The lowest BCUT2D eigenvalue weighted by Crippen LogP contribution is -2.32. The minimum Gasteiger partial charge on any atom is -0.406 e. The first-order valence-electron chi connectivity index (χ1n) is 11.7. The Bertz CT molecular complexity index is 1280. The van der Waals surface area contributed by atoms with Crippen molar-refractivity contribution in [2.45, 2.75) is 36.9 Å². The molecular weight excluding hydrogens is 495 g/mol. The number of alkyl halides is 3. The summed E-state index contributed by atoms with van der Waals surface area (Å²) in [4.78, 5) is 9.04. The van der Waals surface area contributed by atoms with Crippen LogP contribution in [-0.2, 0) is 10.0 Å². The van der Waals surface area contributed by atoms with Crippen molar-refractivity contribution in [1.82, 2.24) is 14.7 Å². The van der Waals surface area contributed by atoms with E-state index in [1.54, 1.807) is 0 Å². The second-order valence-electron chi connectivity index (χ2n) is 8.80. The fourth-order valence-corrected chi connectivity index (χ4v) is 5.47. The Hall–Kier alpha value is -3.12. The molecule has 12 heteroatoms. The van der Waals surface area contributed by atoms with Crippen LogP contribution in [0.3, 0.4) is 0 Å². The maximum Gasteiger partial charge on any atom is 0.573 e. The van der Waals surface area contributed by atoms with Crippen LogP contribution in [0.4, 0.5) is 24.9 Å². The van der Waals surface area contributed by atoms with Crippen molar-refractivity contribution >= 4 is 32.7 Å². The predicted molar refractivity (Wildman–Crippen MR) is 131 cm³/mol. The predicted octanol–water partition coefficient (Wildman–Crippen LogP) is 4.77. The van der Waals surface area contributed by atoms with Crippen LogP contribution < -0.4 is 20.1 Å². The first kappa shape index (κ1) is 26.0. The molecule has 0 saturated heterocycles. The van der Waals surface area contributed by atoms with Crippen molar-refractivity contribution < 1.29 is 26.3 Å². The van der Waals surface area contributed by atoms with Gasteiger partial charge in [-0.25, -0.2) is 18.1 Å². The third-order valence-corrected chi connectivity index (χ3v) is 7.72. The van der Waals surface area contributed by atoms with E-state index >= 15 is 0 Å². The third kappa shape index (κ3) is 6.76. The van der Waals surface area contributed by atoms with Gasteiger partial charge in [0.05, 0.1) is 10.4 Å². The highest BCUT2D eigenvalue weighted by atomic mass is 32.2. The number of rotatable bonds is 9. The summed E-state index contributed by atoms with van der Waals surface area (Å²) in [6.45, 7) is 1.01. The minimum absolute atomic E-state index is 0.105. The maximum atomic E-state index is 12.5. The molecule has 194 valence electrons. The molecule has 3 aromatic rings. The van der Waals surface area contributed by atoms with E-state index in [-0.39, 0.29) is 17.4 Å². The van der Waals surface area contributed by atoms with Crippen LogP contribution in [0.15, 0.2) is 53.4 Å². The van der Waals surface area contributed by atoms with Gasteiger partial charge in [0.1, 0.15) is 11.6 Å². The van der Waals surface area contributed by atoms with Crippen LogP contribution in [-0.4, -0.2) is 44.9 Å². The van der Waals surface area contributed by atoms with Gasteiger partial charge in [0.2, 0.25) is 16.0 Å². The van der Waals surface area contributed by atoms with Crippen molar-refractivity contribution in [3.05, 3.63) is 48.5 Å². The number of benzene rings is 2. The fourth-order valence-electron chi connectivity index (χ4n) is 4.35. The standard InChI is InChI=1S/C24H28F3N5O3S/c1-28-22-20-4-2-3-5-21(20)31-23(32-22)29-14-16-6-8-17(9-7-16)15-30-36(33,34)19-12-10-18(11-13-19)35-24(25,26)27/h2-5,10-13,16-17,30H,6-9,14-15H2,1H3,(H2,28,29,31,32). The number of fused-ring (bicyclic) bond motifs is 1. The molecule has 0 bridgehead atoms. The molecule has 1 aromatic heterocycles. The lowest BCUT2D eigenvalue weighted by atomic mass is 9.82. The van der Waals surface area contributed by atoms with Crippen LogP contribution in [0.25, 0.3) is 10.9 Å². The largest absolute Gasteiger partial charge is 0.573 e. The van der Waals surface area contributed by atoms with Crippen molar-refractivity contribution in [2.24, 2.45) is 11.8 Å². The Morgan fingerprint density at radius 2 is 1.58 bits per heavy atom. The molecule has 0 atom stereocenters. The van der Waals surface area contributed by atoms with Crippen LogP contribution >= 0.6 is 0 Å². The van der Waals surface area contributed by atoms with Crippen molar-refractivity contribution in [3.8, 4) is 5.75 Å². The number of anilines is 2. The first-order valence-corrected chi connectivity index (χ1v) is 13.1. The van der Waals surface area contributed by atoms with Crippen LogP contribution in [0, 0.1) is 11.8 Å². The van der Waals surface area contributed by atoms with Gasteiger partial charge in [0.15, 0.2) is 0 Å². The molecule has 0 aliphatic heterocycles. The summed E-state index contributed by atoms with van der Waals surface area (Å²) in [5, 5.41) is 7.40. The van der Waals surface area contributed by atoms with Gasteiger partial charge >= 0.3 is 6.36 Å². The van der Waals surface area contributed by atoms with Gasteiger partial charge in [0.25, 0.3) is 0 Å². The monoisotopic (exact) mass is 523 g/mol. The summed E-state index contributed by atoms with van der Waals surface area (Å²) in [7, 11) is -2.00. The minimum atomic E-state index is -4.83. The summed E-state index contributed by atoms with van der Waals surface area (Å²) >= 11 is 0. The number of halogens is 3. The molecule has 8 nitrogen and oxygen atoms in total. The number of ether oxygens (including phenoxy) is 1. The van der Waals surface area contributed by atoms with E-state index in [2.05, 4.69) is 30.1 Å². The molecule has 1 aliphatic rings. The molecule has 1 fully saturated rings. The van der Waals surface area contributed by atoms with E-state index in [0.717, 1.165) is 73.2 Å². The fraction of sp³-hybridized carbons (Fsp3) is 0.417. The smallest absolute Gasteiger partial charge is 0.406 e. The topological polar surface area (TPSA) is 105 Å². The zero-order valence-corrected chi connectivity index (χ0v) is 20.5. The average Bonchev–Trinajstić information content (AvgIpc) is 2.85. The molecule has 1 saturated carbocycles. The van der Waals surface area contributed by atoms with Crippen LogP contribution in [0.1, 0.15) is 25.7 Å². The summed E-state index contributed by atoms with van der Waals surface area (Å²) in [5.74, 6) is 1.48. The number of hydrogen-bond donors (Lipinski definition) is 3. The summed E-state index contributed by atoms with van der Waals surface area (Å²) in [6, 6.07) is 12.0. The van der Waals surface area contributed by atoms with E-state index in [1.165, 1.54) is 0 Å². The SMILES string of the molecule is CNc1nc(NCC2CCC(CNS(=O)(=O)c3ccc(OC(F)(F)F)cc3)CC2)nc2ccccc12. The zero-order chi connectivity index (χ0) is 25.8. The van der Waals surface area contributed by atoms with E-state index < -0.39 is 22.1 Å². The lowest BCUT2D eigenvalue weighted by molar-refractivity contribution is -0.274. The Balaban J connectivity index is 1.24. The normalized spacial score (nSPS) is 18.7. The maximum absolute atomic E-state index is 12.5. The van der Waals surface area contributed by atoms with Gasteiger partial charge in [-0.2, -0.15) is 4.98 Å². The highest BCUT2D eigenvalue weighted by Gasteiger charge is 2.31. The van der Waals surface area contributed by atoms with E-state index in [0.29, 0.717) is 11.9 Å². The van der Waals surface area contributed by atoms with Crippen molar-refractivity contribution in [2.75, 3.05) is 30.8 Å². The van der Waals surface area contributed by atoms with E-state index in [4.69, 9.17) is 0 Å². The number of aromatic nitrogens is 2. The van der Waals surface area contributed by atoms with Gasteiger partial charge < -0.3 is 15.4 Å². The Labute approximate surface area is 207 Å². The summed E-state index contributed by atoms with van der Waals surface area (Å²) in [5.41, 5.74) is 0.859. The highest BCUT2D eigenvalue weighted by Crippen LogP contribution is 2.30. The van der Waals surface area contributed by atoms with Crippen LogP contribution in [0.5, 0.6) is 5.75 Å². The second kappa shape index (κ2) is 10.9. The van der Waals surface area contributed by atoms with Gasteiger partial charge in [-0.3, -0.25) is 0 Å². The molecule has 1 aliphatic carbocycles. The van der Waals surface area contributed by atoms with Crippen LogP contribution in [0.2, 0.25) is 0 Å². The molecule has 36 heavy (non-hydrogen) atoms. The Morgan fingerprint density at radius 1 is 0.944 bits per heavy atom. The second-order valence-corrected chi connectivity index (χ2v) is 10.6. The van der Waals surface area contributed by atoms with E-state index in [9.17, 15) is 21.6 Å². The molecule has 0 spiro atoms. The molecular formula is C24H28F3N5O3S. The summed E-state index contributed by atoms with van der Waals surface area (Å²) in [6.07, 6.45) is -1.21. The summed E-state index contributed by atoms with van der Waals surface area (Å²) < 4.78 is 68.3. The number of hydrogen-bond acceptors (Lipinski definition) is 7. The molecule has 1 heterocycles. The third-order valence-electron chi connectivity index (χ3n) is 6.28. The molecule has 4 rings (SSSR count). The quantitative estimate of drug-likeness (QED) is 0.371. The van der Waals surface area contributed by atoms with Gasteiger partial charge in [-0.15, -0.1) is 13.2 Å². The molecule has 3 N–H and O–H groups in total. The number of nitrogens with zero attached hydrogens (tertiary/aromatic N) is 2. The average molecular weight is 524 g/mol. The van der Waals surface area contributed by atoms with Gasteiger partial charge in [-0.1, -0.05) is 12.1 Å². The highest BCUT2D eigenvalue weighted by molar-refractivity contribution is 7.89. The number of para-hydroxylation sites is 1. The van der Waals surface area contributed by atoms with Crippen molar-refractivity contribution in [1.29, 1.82) is 0 Å². The molecule has 0 radical (unpaired) electrons. The number of sulfonamides is 1. The Morgan fingerprint density at radius 3 is 2.22 bits per heavy atom. The molecule has 0 amide bonds. The zero-order valence-electron chi connectivity index (χ0n) is 19.7. The van der Waals surface area contributed by atoms with Gasteiger partial charge in [-0.05, 0) is 73.9 Å². The molecule has 0 unspecified atom stereocenters. The lowest BCUT2D eigenvalue weighted by Gasteiger charge is -2.28. The van der Waals surface area contributed by atoms with E-state index in [1.807, 2.05) is 31.3 Å². The first-order chi connectivity index (χ1) is 17.1. The molecule has 2 aromatic carbocycles. The Kier molecular flexibility index (Phi) is 7.84. The van der Waals surface area contributed by atoms with Crippen molar-refractivity contribution in [3.63, 3.8) is 0 Å². The van der Waals surface area contributed by atoms with Gasteiger partial charge in [0, 0.05) is 25.5 Å².